The summed E-state index contributed by atoms with van der Waals surface area (Å²) in [4.78, 5) is 7.32. The zero-order valence-electron chi connectivity index (χ0n) is 13.1. The van der Waals surface area contributed by atoms with E-state index >= 15 is 0 Å². The zero-order valence-corrected chi connectivity index (χ0v) is 13.1. The lowest BCUT2D eigenvalue weighted by atomic mass is 9.92. The van der Waals surface area contributed by atoms with Gasteiger partial charge in [0.25, 0.3) is 0 Å². The highest BCUT2D eigenvalue weighted by atomic mass is 15.3. The molecular weight excluding hydrogens is 224 g/mol. The first-order chi connectivity index (χ1) is 8.36. The molecule has 2 N–H and O–H groups in total. The topological polar surface area (TPSA) is 35.7 Å². The van der Waals surface area contributed by atoms with Crippen LogP contribution in [0.5, 0.6) is 0 Å². The second-order valence-electron chi connectivity index (χ2n) is 6.29. The van der Waals surface area contributed by atoms with E-state index in [1.54, 1.807) is 0 Å². The first-order valence-corrected chi connectivity index (χ1v) is 7.18. The quantitative estimate of drug-likeness (QED) is 0.758. The van der Waals surface area contributed by atoms with Crippen molar-refractivity contribution in [2.24, 2.45) is 5.73 Å². The molecule has 0 radical (unpaired) electrons. The summed E-state index contributed by atoms with van der Waals surface area (Å²) >= 11 is 0. The molecule has 1 aliphatic heterocycles. The van der Waals surface area contributed by atoms with Crippen LogP contribution in [0, 0.1) is 0 Å². The molecule has 1 heterocycles. The molecule has 0 aromatic carbocycles. The van der Waals surface area contributed by atoms with Crippen LogP contribution in [0.3, 0.4) is 0 Å². The highest BCUT2D eigenvalue weighted by molar-refractivity contribution is 5.03. The maximum Gasteiger partial charge on any atom is 0.0476 e. The van der Waals surface area contributed by atoms with E-state index in [1.807, 2.05) is 0 Å². The minimum Gasteiger partial charge on any atom is -0.329 e. The third-order valence-corrected chi connectivity index (χ3v) is 4.46. The molecule has 1 rings (SSSR count). The van der Waals surface area contributed by atoms with Gasteiger partial charge in [-0.05, 0) is 48.0 Å². The molecule has 108 valence electrons. The van der Waals surface area contributed by atoms with E-state index in [4.69, 9.17) is 5.73 Å². The van der Waals surface area contributed by atoms with Gasteiger partial charge in [-0.15, -0.1) is 0 Å². The van der Waals surface area contributed by atoms with Gasteiger partial charge in [0.15, 0.2) is 0 Å². The average Bonchev–Trinajstić information content (AvgIpc) is 2.55. The van der Waals surface area contributed by atoms with E-state index in [-0.39, 0.29) is 5.54 Å². The molecule has 18 heavy (non-hydrogen) atoms. The molecule has 0 saturated carbocycles. The van der Waals surface area contributed by atoms with Crippen molar-refractivity contribution < 1.29 is 0 Å². The third-order valence-electron chi connectivity index (χ3n) is 4.46. The minimum absolute atomic E-state index is 0.165. The molecule has 4 heteroatoms. The summed E-state index contributed by atoms with van der Waals surface area (Å²) < 4.78 is 0. The molecular formula is C14H32N4. The highest BCUT2D eigenvalue weighted by Gasteiger charge is 2.44. The Labute approximate surface area is 113 Å². The molecule has 0 amide bonds. The maximum absolute atomic E-state index is 6.16. The highest BCUT2D eigenvalue weighted by Crippen LogP contribution is 2.32. The van der Waals surface area contributed by atoms with Crippen LogP contribution >= 0.6 is 0 Å². The largest absolute Gasteiger partial charge is 0.329 e. The van der Waals surface area contributed by atoms with Crippen molar-refractivity contribution in [3.63, 3.8) is 0 Å². The van der Waals surface area contributed by atoms with Gasteiger partial charge in [0, 0.05) is 37.3 Å². The number of rotatable bonds is 6. The van der Waals surface area contributed by atoms with Gasteiger partial charge in [-0.25, -0.2) is 0 Å². The summed E-state index contributed by atoms with van der Waals surface area (Å²) in [6, 6.07) is 1.18. The number of likely N-dealkylation sites (N-methyl/N-ethyl adjacent to an activating group) is 3. The molecule has 1 saturated heterocycles. The van der Waals surface area contributed by atoms with Crippen molar-refractivity contribution in [2.45, 2.75) is 44.8 Å². The molecule has 1 aliphatic rings. The Bertz CT molecular complexity index is 244. The summed E-state index contributed by atoms with van der Waals surface area (Å²) in [7, 11) is 6.50. The summed E-state index contributed by atoms with van der Waals surface area (Å²) in [5.74, 6) is 0. The van der Waals surface area contributed by atoms with Crippen LogP contribution in [-0.4, -0.2) is 79.6 Å². The van der Waals surface area contributed by atoms with E-state index in [0.717, 1.165) is 26.2 Å². The van der Waals surface area contributed by atoms with Crippen LogP contribution < -0.4 is 5.73 Å². The van der Waals surface area contributed by atoms with Gasteiger partial charge in [-0.1, -0.05) is 6.92 Å². The summed E-state index contributed by atoms with van der Waals surface area (Å²) in [5, 5.41) is 0. The van der Waals surface area contributed by atoms with Crippen LogP contribution in [0.4, 0.5) is 0 Å². The maximum atomic E-state index is 6.16. The predicted molar refractivity (Wildman–Crippen MR) is 78.9 cm³/mol. The second-order valence-corrected chi connectivity index (χ2v) is 6.29. The predicted octanol–water partition coefficient (Wildman–Crippen LogP) is 0.680. The van der Waals surface area contributed by atoms with E-state index in [0.29, 0.717) is 12.1 Å². The minimum atomic E-state index is 0.165. The zero-order chi connectivity index (χ0) is 13.9. The van der Waals surface area contributed by atoms with Gasteiger partial charge >= 0.3 is 0 Å². The van der Waals surface area contributed by atoms with Gasteiger partial charge in [0.2, 0.25) is 0 Å². The van der Waals surface area contributed by atoms with Crippen LogP contribution in [0.2, 0.25) is 0 Å². The lowest BCUT2D eigenvalue weighted by Crippen LogP contribution is -2.60. The fourth-order valence-electron chi connectivity index (χ4n) is 3.61. The van der Waals surface area contributed by atoms with Crippen molar-refractivity contribution in [3.8, 4) is 0 Å². The Kier molecular flexibility index (Phi) is 5.59. The summed E-state index contributed by atoms with van der Waals surface area (Å²) in [5.41, 5.74) is 6.32. The Morgan fingerprint density at radius 3 is 2.39 bits per heavy atom. The number of likely N-dealkylation sites (tertiary alicyclic amines) is 1. The Morgan fingerprint density at radius 1 is 1.44 bits per heavy atom. The SMILES string of the molecule is CCN(C(C)CN(C)C)C1(CN)CC(C)N(C)C1. The average molecular weight is 256 g/mol. The van der Waals surface area contributed by atoms with Crippen molar-refractivity contribution in [1.82, 2.24) is 14.7 Å². The molecule has 0 bridgehead atoms. The number of nitrogens with two attached hydrogens (primary N) is 1. The van der Waals surface area contributed by atoms with Crippen molar-refractivity contribution in [1.29, 1.82) is 0 Å². The van der Waals surface area contributed by atoms with Gasteiger partial charge < -0.3 is 15.5 Å². The number of hydrogen-bond acceptors (Lipinski definition) is 4. The first kappa shape index (κ1) is 15.9. The summed E-state index contributed by atoms with van der Waals surface area (Å²) in [6.07, 6.45) is 1.19. The molecule has 4 nitrogen and oxygen atoms in total. The Morgan fingerprint density at radius 2 is 2.06 bits per heavy atom. The first-order valence-electron chi connectivity index (χ1n) is 7.18. The van der Waals surface area contributed by atoms with E-state index < -0.39 is 0 Å². The van der Waals surface area contributed by atoms with Gasteiger partial charge in [0.05, 0.1) is 0 Å². The third kappa shape index (κ3) is 3.23. The van der Waals surface area contributed by atoms with Gasteiger partial charge in [0.1, 0.15) is 0 Å². The van der Waals surface area contributed by atoms with Crippen LogP contribution in [0.1, 0.15) is 27.2 Å². The normalized spacial score (nSPS) is 31.5. The molecule has 0 aromatic rings. The van der Waals surface area contributed by atoms with Crippen LogP contribution in [0.25, 0.3) is 0 Å². The van der Waals surface area contributed by atoms with Gasteiger partial charge in [-0.2, -0.15) is 0 Å². The molecule has 1 fully saturated rings. The fourth-order valence-corrected chi connectivity index (χ4v) is 3.61. The molecule has 3 unspecified atom stereocenters. The molecule has 0 aromatic heterocycles. The molecule has 0 spiro atoms. The van der Waals surface area contributed by atoms with Crippen molar-refractivity contribution >= 4 is 0 Å². The van der Waals surface area contributed by atoms with Gasteiger partial charge in [-0.3, -0.25) is 4.90 Å². The standard InChI is InChI=1S/C14H32N4/c1-7-18(13(3)9-16(4)5)14(10-15)8-12(2)17(6)11-14/h12-13H,7-11,15H2,1-6H3. The Balaban J connectivity index is 2.84. The molecule has 0 aliphatic carbocycles. The smallest absolute Gasteiger partial charge is 0.0476 e. The van der Waals surface area contributed by atoms with E-state index in [9.17, 15) is 0 Å². The van der Waals surface area contributed by atoms with E-state index in [2.05, 4.69) is 56.6 Å². The van der Waals surface area contributed by atoms with Crippen molar-refractivity contribution in [2.75, 3.05) is 47.3 Å². The summed E-state index contributed by atoms with van der Waals surface area (Å²) in [6.45, 7) is 10.9. The van der Waals surface area contributed by atoms with Crippen LogP contribution in [-0.2, 0) is 0 Å². The fraction of sp³-hybridized carbons (Fsp3) is 1.00. The van der Waals surface area contributed by atoms with E-state index in [1.165, 1.54) is 6.42 Å². The second kappa shape index (κ2) is 6.33. The monoisotopic (exact) mass is 256 g/mol. The molecule has 3 atom stereocenters. The van der Waals surface area contributed by atoms with Crippen molar-refractivity contribution in [3.05, 3.63) is 0 Å². The number of hydrogen-bond donors (Lipinski definition) is 1. The number of nitrogens with zero attached hydrogens (tertiary/aromatic N) is 3. The van der Waals surface area contributed by atoms with Crippen LogP contribution in [0.15, 0.2) is 0 Å². The lowest BCUT2D eigenvalue weighted by molar-refractivity contribution is 0.0553. The lowest BCUT2D eigenvalue weighted by Gasteiger charge is -2.44. The Hall–Kier alpha value is -0.160.